The molecular weight excluding hydrogens is 216 g/mol. The van der Waals surface area contributed by atoms with E-state index >= 15 is 0 Å². The lowest BCUT2D eigenvalue weighted by atomic mass is 10.1. The van der Waals surface area contributed by atoms with Gasteiger partial charge in [0.2, 0.25) is 0 Å². The molecule has 0 fully saturated rings. The lowest BCUT2D eigenvalue weighted by Crippen LogP contribution is -3.10. The van der Waals surface area contributed by atoms with E-state index in [4.69, 9.17) is 0 Å². The number of nitrogens with one attached hydrogen (secondary N) is 1. The standard InChI is InChI=1S/C13H18N2O2/c1-4-14(9-11(2)3)10-12-7-5-6-8-13(12)15(16)17/h5-8H,2,4,9-10H2,1,3H3/p+1. The number of benzene rings is 1. The van der Waals surface area contributed by atoms with Crippen molar-refractivity contribution in [2.45, 2.75) is 20.4 Å². The van der Waals surface area contributed by atoms with Crippen molar-refractivity contribution < 1.29 is 9.82 Å². The van der Waals surface area contributed by atoms with E-state index in [0.717, 1.165) is 24.2 Å². The van der Waals surface area contributed by atoms with Gasteiger partial charge in [0.1, 0.15) is 6.54 Å². The zero-order chi connectivity index (χ0) is 12.8. The number of para-hydroxylation sites is 1. The summed E-state index contributed by atoms with van der Waals surface area (Å²) in [5.41, 5.74) is 2.09. The lowest BCUT2D eigenvalue weighted by molar-refractivity contribution is -0.907. The first kappa shape index (κ1) is 13.4. The molecule has 1 rings (SSSR count). The summed E-state index contributed by atoms with van der Waals surface area (Å²) in [5.74, 6) is 0. The third kappa shape index (κ3) is 4.00. The Balaban J connectivity index is 2.85. The van der Waals surface area contributed by atoms with Gasteiger partial charge in [-0.2, -0.15) is 0 Å². The molecule has 0 saturated heterocycles. The summed E-state index contributed by atoms with van der Waals surface area (Å²) < 4.78 is 0. The van der Waals surface area contributed by atoms with Crippen LogP contribution in [0.5, 0.6) is 0 Å². The summed E-state index contributed by atoms with van der Waals surface area (Å²) in [6, 6.07) is 6.93. The maximum atomic E-state index is 10.9. The van der Waals surface area contributed by atoms with Crippen LogP contribution in [0.15, 0.2) is 36.4 Å². The Morgan fingerprint density at radius 1 is 1.47 bits per heavy atom. The van der Waals surface area contributed by atoms with Crippen LogP contribution in [0.3, 0.4) is 0 Å². The summed E-state index contributed by atoms with van der Waals surface area (Å²) in [7, 11) is 0. The molecule has 0 aliphatic heterocycles. The molecule has 0 aliphatic rings. The Hall–Kier alpha value is -1.68. The number of nitrogens with zero attached hydrogens (tertiary/aromatic N) is 1. The van der Waals surface area contributed by atoms with E-state index < -0.39 is 0 Å². The molecule has 4 heteroatoms. The highest BCUT2D eigenvalue weighted by Crippen LogP contribution is 2.16. The van der Waals surface area contributed by atoms with Crippen molar-refractivity contribution in [3.8, 4) is 0 Å². The molecule has 0 aromatic heterocycles. The zero-order valence-electron chi connectivity index (χ0n) is 10.4. The van der Waals surface area contributed by atoms with Gasteiger partial charge in [0.15, 0.2) is 0 Å². The minimum absolute atomic E-state index is 0.208. The molecule has 92 valence electrons. The maximum absolute atomic E-state index is 10.9. The van der Waals surface area contributed by atoms with Crippen LogP contribution < -0.4 is 4.90 Å². The Labute approximate surface area is 102 Å². The van der Waals surface area contributed by atoms with Gasteiger partial charge in [-0.05, 0) is 25.5 Å². The molecule has 4 nitrogen and oxygen atoms in total. The third-order valence-electron chi connectivity index (χ3n) is 2.68. The molecule has 1 aromatic rings. The van der Waals surface area contributed by atoms with Crippen molar-refractivity contribution in [3.63, 3.8) is 0 Å². The van der Waals surface area contributed by atoms with Gasteiger partial charge in [-0.3, -0.25) is 10.1 Å². The zero-order valence-corrected chi connectivity index (χ0v) is 10.4. The van der Waals surface area contributed by atoms with E-state index in [1.165, 1.54) is 4.90 Å². The highest BCUT2D eigenvalue weighted by atomic mass is 16.6. The third-order valence-corrected chi connectivity index (χ3v) is 2.68. The van der Waals surface area contributed by atoms with Gasteiger partial charge in [0, 0.05) is 6.07 Å². The van der Waals surface area contributed by atoms with Gasteiger partial charge in [-0.15, -0.1) is 0 Å². The molecule has 1 N–H and O–H groups in total. The van der Waals surface area contributed by atoms with Crippen molar-refractivity contribution in [2.24, 2.45) is 0 Å². The molecule has 1 atom stereocenters. The molecule has 0 aliphatic carbocycles. The fourth-order valence-corrected chi connectivity index (χ4v) is 1.85. The van der Waals surface area contributed by atoms with E-state index in [1.807, 2.05) is 19.1 Å². The largest absolute Gasteiger partial charge is 0.328 e. The molecule has 1 unspecified atom stereocenters. The maximum Gasteiger partial charge on any atom is 0.278 e. The minimum atomic E-state index is -0.316. The second kappa shape index (κ2) is 6.15. The number of likely N-dealkylation sites (N-methyl/N-ethyl adjacent to an activating group) is 1. The van der Waals surface area contributed by atoms with E-state index in [-0.39, 0.29) is 10.6 Å². The first-order valence-electron chi connectivity index (χ1n) is 5.74. The SMILES string of the molecule is C=C(C)C[NH+](CC)Cc1ccccc1[N+](=O)[O-]. The monoisotopic (exact) mass is 235 g/mol. The van der Waals surface area contributed by atoms with Crippen LogP contribution in [0.1, 0.15) is 19.4 Å². The molecule has 0 radical (unpaired) electrons. The van der Waals surface area contributed by atoms with Crippen LogP contribution in [-0.4, -0.2) is 18.0 Å². The van der Waals surface area contributed by atoms with Crippen molar-refractivity contribution in [3.05, 3.63) is 52.1 Å². The highest BCUT2D eigenvalue weighted by Gasteiger charge is 2.17. The highest BCUT2D eigenvalue weighted by molar-refractivity contribution is 5.39. The average Bonchev–Trinajstić information content (AvgIpc) is 2.28. The average molecular weight is 235 g/mol. The lowest BCUT2D eigenvalue weighted by Gasteiger charge is -2.17. The fourth-order valence-electron chi connectivity index (χ4n) is 1.85. The summed E-state index contributed by atoms with van der Waals surface area (Å²) in [6.07, 6.45) is 0. The molecular formula is C13H19N2O2+. The topological polar surface area (TPSA) is 47.6 Å². The minimum Gasteiger partial charge on any atom is -0.328 e. The van der Waals surface area contributed by atoms with Crippen molar-refractivity contribution in [1.82, 2.24) is 0 Å². The summed E-state index contributed by atoms with van der Waals surface area (Å²) in [4.78, 5) is 11.9. The molecule has 0 amide bonds. The summed E-state index contributed by atoms with van der Waals surface area (Å²) in [5, 5.41) is 10.9. The Kier molecular flexibility index (Phi) is 4.84. The van der Waals surface area contributed by atoms with Gasteiger partial charge in [-0.1, -0.05) is 18.7 Å². The van der Waals surface area contributed by atoms with Gasteiger partial charge < -0.3 is 4.90 Å². The van der Waals surface area contributed by atoms with Crippen molar-refractivity contribution in [2.75, 3.05) is 13.1 Å². The number of nitro groups is 1. The molecule has 1 aromatic carbocycles. The smallest absolute Gasteiger partial charge is 0.278 e. The molecule has 0 spiro atoms. The van der Waals surface area contributed by atoms with E-state index in [1.54, 1.807) is 12.1 Å². The van der Waals surface area contributed by atoms with Crippen LogP contribution in [0.2, 0.25) is 0 Å². The Bertz CT molecular complexity index is 416. The first-order chi connectivity index (χ1) is 8.04. The van der Waals surface area contributed by atoms with Gasteiger partial charge in [0.25, 0.3) is 5.69 Å². The van der Waals surface area contributed by atoms with Gasteiger partial charge in [0.05, 0.1) is 23.6 Å². The van der Waals surface area contributed by atoms with E-state index in [0.29, 0.717) is 6.54 Å². The first-order valence-corrected chi connectivity index (χ1v) is 5.74. The Morgan fingerprint density at radius 2 is 2.12 bits per heavy atom. The van der Waals surface area contributed by atoms with Crippen LogP contribution >= 0.6 is 0 Å². The normalized spacial score (nSPS) is 12.1. The van der Waals surface area contributed by atoms with Crippen LogP contribution in [0.25, 0.3) is 0 Å². The van der Waals surface area contributed by atoms with Gasteiger partial charge in [-0.25, -0.2) is 0 Å². The second-order valence-corrected chi connectivity index (χ2v) is 4.30. The number of quaternary nitrogens is 1. The summed E-state index contributed by atoms with van der Waals surface area (Å²) in [6.45, 7) is 10.4. The van der Waals surface area contributed by atoms with E-state index in [2.05, 4.69) is 13.5 Å². The fraction of sp³-hybridized carbons (Fsp3) is 0.385. The summed E-state index contributed by atoms with van der Waals surface area (Å²) >= 11 is 0. The quantitative estimate of drug-likeness (QED) is 0.462. The van der Waals surface area contributed by atoms with Crippen LogP contribution in [0, 0.1) is 10.1 Å². The number of nitro benzene ring substituents is 1. The predicted octanol–water partition coefficient (Wildman–Crippen LogP) is 1.58. The van der Waals surface area contributed by atoms with Crippen molar-refractivity contribution >= 4 is 5.69 Å². The van der Waals surface area contributed by atoms with Gasteiger partial charge >= 0.3 is 0 Å². The Morgan fingerprint density at radius 3 is 2.65 bits per heavy atom. The van der Waals surface area contributed by atoms with Crippen LogP contribution in [-0.2, 0) is 6.54 Å². The molecule has 17 heavy (non-hydrogen) atoms. The molecule has 0 saturated carbocycles. The van der Waals surface area contributed by atoms with Crippen molar-refractivity contribution in [1.29, 1.82) is 0 Å². The molecule has 0 bridgehead atoms. The van der Waals surface area contributed by atoms with Crippen LogP contribution in [0.4, 0.5) is 5.69 Å². The number of hydrogen-bond donors (Lipinski definition) is 1. The van der Waals surface area contributed by atoms with E-state index in [9.17, 15) is 10.1 Å². The number of rotatable bonds is 6. The second-order valence-electron chi connectivity index (χ2n) is 4.30. The predicted molar refractivity (Wildman–Crippen MR) is 68.0 cm³/mol. The molecule has 0 heterocycles. The number of hydrogen-bond acceptors (Lipinski definition) is 2.